The number of nitrogens with one attached hydrogen (secondary N) is 1. The summed E-state index contributed by atoms with van der Waals surface area (Å²) in [5.41, 5.74) is 1.06. The fourth-order valence-electron chi connectivity index (χ4n) is 2.21. The summed E-state index contributed by atoms with van der Waals surface area (Å²) in [5.74, 6) is 1.28. The smallest absolute Gasteiger partial charge is 0.139 e. The molecule has 0 amide bonds. The molecule has 20 heavy (non-hydrogen) atoms. The Bertz CT molecular complexity index is 438. The Kier molecular flexibility index (Phi) is 5.49. The minimum Gasteiger partial charge on any atom is -0.490 e. The summed E-state index contributed by atoms with van der Waals surface area (Å²) in [4.78, 5) is 11.7. The van der Waals surface area contributed by atoms with Gasteiger partial charge in [0.2, 0.25) is 0 Å². The van der Waals surface area contributed by atoms with Gasteiger partial charge in [0.15, 0.2) is 0 Å². The van der Waals surface area contributed by atoms with Crippen LogP contribution in [0.3, 0.4) is 0 Å². The molecule has 1 aliphatic carbocycles. The van der Waals surface area contributed by atoms with Crippen LogP contribution in [-0.4, -0.2) is 24.2 Å². The van der Waals surface area contributed by atoms with Crippen molar-refractivity contribution in [2.75, 3.05) is 6.26 Å². The zero-order valence-electron chi connectivity index (χ0n) is 12.4. The number of carbonyl (C=O) groups is 1. The first-order valence-corrected chi connectivity index (χ1v) is 8.37. The van der Waals surface area contributed by atoms with Crippen LogP contribution in [0.1, 0.15) is 32.3 Å². The zero-order chi connectivity index (χ0) is 14.5. The first-order chi connectivity index (χ1) is 9.58. The quantitative estimate of drug-likeness (QED) is 0.783. The monoisotopic (exact) mass is 293 g/mol. The van der Waals surface area contributed by atoms with Crippen LogP contribution in [0.25, 0.3) is 0 Å². The summed E-state index contributed by atoms with van der Waals surface area (Å²) in [6.07, 6.45) is 5.01. The SMILES string of the molecule is CSN[C@H]1C[C@@H](Oc2ccc(CC(=O)C(C)C)cc2)C1. The molecule has 0 saturated heterocycles. The molecule has 0 aliphatic heterocycles. The molecular weight excluding hydrogens is 270 g/mol. The van der Waals surface area contributed by atoms with Gasteiger partial charge in [-0.05, 0) is 24.0 Å². The third-order valence-electron chi connectivity index (χ3n) is 3.63. The van der Waals surface area contributed by atoms with Gasteiger partial charge >= 0.3 is 0 Å². The summed E-state index contributed by atoms with van der Waals surface area (Å²) in [6.45, 7) is 3.88. The maximum absolute atomic E-state index is 11.7. The van der Waals surface area contributed by atoms with Gasteiger partial charge in [0.25, 0.3) is 0 Å². The fraction of sp³-hybridized carbons (Fsp3) is 0.562. The Balaban J connectivity index is 1.79. The number of ether oxygens (including phenoxy) is 1. The Hall–Kier alpha value is -1.00. The van der Waals surface area contributed by atoms with Crippen LogP contribution >= 0.6 is 11.9 Å². The van der Waals surface area contributed by atoms with Crippen LogP contribution in [0, 0.1) is 5.92 Å². The number of rotatable bonds is 7. The first-order valence-electron chi connectivity index (χ1n) is 7.15. The lowest BCUT2D eigenvalue weighted by Gasteiger charge is -2.35. The van der Waals surface area contributed by atoms with Crippen molar-refractivity contribution in [2.24, 2.45) is 5.92 Å². The molecule has 110 valence electrons. The van der Waals surface area contributed by atoms with Crippen molar-refractivity contribution >= 4 is 17.7 Å². The number of ketones is 1. The highest BCUT2D eigenvalue weighted by Gasteiger charge is 2.30. The van der Waals surface area contributed by atoms with Gasteiger partial charge in [0, 0.05) is 31.2 Å². The molecule has 1 N–H and O–H groups in total. The molecule has 0 atom stereocenters. The van der Waals surface area contributed by atoms with Crippen LogP contribution < -0.4 is 9.46 Å². The van der Waals surface area contributed by atoms with Crippen LogP contribution in [0.5, 0.6) is 5.75 Å². The molecule has 1 aromatic rings. The molecule has 2 rings (SSSR count). The topological polar surface area (TPSA) is 38.3 Å². The van der Waals surface area contributed by atoms with E-state index in [1.807, 2.05) is 44.4 Å². The van der Waals surface area contributed by atoms with Crippen LogP contribution in [0.2, 0.25) is 0 Å². The van der Waals surface area contributed by atoms with Crippen molar-refractivity contribution in [1.82, 2.24) is 4.72 Å². The van der Waals surface area contributed by atoms with Gasteiger partial charge in [0.1, 0.15) is 17.6 Å². The molecule has 0 spiro atoms. The molecule has 4 heteroatoms. The average Bonchev–Trinajstić information content (AvgIpc) is 2.38. The maximum Gasteiger partial charge on any atom is 0.139 e. The van der Waals surface area contributed by atoms with E-state index in [0.29, 0.717) is 18.6 Å². The van der Waals surface area contributed by atoms with Gasteiger partial charge in [-0.25, -0.2) is 0 Å². The van der Waals surface area contributed by atoms with Gasteiger partial charge in [-0.3, -0.25) is 9.52 Å². The normalized spacial score (nSPS) is 21.6. The van der Waals surface area contributed by atoms with Crippen molar-refractivity contribution in [3.8, 4) is 5.75 Å². The third-order valence-corrected chi connectivity index (χ3v) is 4.20. The Morgan fingerprint density at radius 1 is 1.35 bits per heavy atom. The average molecular weight is 293 g/mol. The van der Waals surface area contributed by atoms with Crippen molar-refractivity contribution < 1.29 is 9.53 Å². The second-order valence-electron chi connectivity index (χ2n) is 5.67. The van der Waals surface area contributed by atoms with E-state index in [1.54, 1.807) is 11.9 Å². The van der Waals surface area contributed by atoms with E-state index in [1.165, 1.54) is 0 Å². The molecule has 0 radical (unpaired) electrons. The molecule has 1 aliphatic rings. The van der Waals surface area contributed by atoms with E-state index in [-0.39, 0.29) is 11.7 Å². The number of carbonyl (C=O) groups excluding carboxylic acids is 1. The summed E-state index contributed by atoms with van der Waals surface area (Å²) in [5, 5.41) is 0. The number of hydrogen-bond donors (Lipinski definition) is 1. The minimum absolute atomic E-state index is 0.0989. The molecule has 3 nitrogen and oxygen atoms in total. The van der Waals surface area contributed by atoms with Crippen LogP contribution in [-0.2, 0) is 11.2 Å². The van der Waals surface area contributed by atoms with E-state index < -0.39 is 0 Å². The largest absolute Gasteiger partial charge is 0.490 e. The van der Waals surface area contributed by atoms with Crippen molar-refractivity contribution in [3.63, 3.8) is 0 Å². The van der Waals surface area contributed by atoms with E-state index in [9.17, 15) is 4.79 Å². The van der Waals surface area contributed by atoms with Crippen LogP contribution in [0.15, 0.2) is 24.3 Å². The highest BCUT2D eigenvalue weighted by Crippen LogP contribution is 2.27. The third kappa shape index (κ3) is 4.25. The number of hydrogen-bond acceptors (Lipinski definition) is 4. The van der Waals surface area contributed by atoms with Gasteiger partial charge in [-0.15, -0.1) is 0 Å². The van der Waals surface area contributed by atoms with Gasteiger partial charge < -0.3 is 4.74 Å². The molecule has 0 heterocycles. The van der Waals surface area contributed by atoms with E-state index >= 15 is 0 Å². The highest BCUT2D eigenvalue weighted by atomic mass is 32.2. The van der Waals surface area contributed by atoms with Crippen molar-refractivity contribution in [2.45, 2.75) is 45.3 Å². The molecule has 0 aromatic heterocycles. The molecule has 1 saturated carbocycles. The first kappa shape index (κ1) is 15.4. The molecular formula is C16H23NO2S. The maximum atomic E-state index is 11.7. The predicted octanol–water partition coefficient (Wildman–Crippen LogP) is 3.23. The Morgan fingerprint density at radius 3 is 2.55 bits per heavy atom. The molecule has 0 unspecified atom stereocenters. The van der Waals surface area contributed by atoms with E-state index in [4.69, 9.17) is 4.74 Å². The number of Topliss-reactive ketones (excluding diaryl/α,β-unsaturated/α-hetero) is 1. The zero-order valence-corrected chi connectivity index (χ0v) is 13.2. The summed E-state index contributed by atoms with van der Waals surface area (Å²) < 4.78 is 9.24. The van der Waals surface area contributed by atoms with Crippen LogP contribution in [0.4, 0.5) is 0 Å². The molecule has 1 aromatic carbocycles. The van der Waals surface area contributed by atoms with Gasteiger partial charge in [-0.2, -0.15) is 0 Å². The minimum atomic E-state index is 0.0989. The van der Waals surface area contributed by atoms with Crippen molar-refractivity contribution in [1.29, 1.82) is 0 Å². The summed E-state index contributed by atoms with van der Waals surface area (Å²) in [7, 11) is 0. The van der Waals surface area contributed by atoms with Gasteiger partial charge in [-0.1, -0.05) is 37.9 Å². The lowest BCUT2D eigenvalue weighted by Crippen LogP contribution is -2.44. The lowest BCUT2D eigenvalue weighted by atomic mass is 9.90. The summed E-state index contributed by atoms with van der Waals surface area (Å²) >= 11 is 1.67. The Labute approximate surface area is 125 Å². The number of benzene rings is 1. The fourth-order valence-corrected chi connectivity index (χ4v) is 2.73. The Morgan fingerprint density at radius 2 is 2.00 bits per heavy atom. The second-order valence-corrected chi connectivity index (χ2v) is 6.32. The van der Waals surface area contributed by atoms with Crippen molar-refractivity contribution in [3.05, 3.63) is 29.8 Å². The van der Waals surface area contributed by atoms with E-state index in [2.05, 4.69) is 4.72 Å². The van der Waals surface area contributed by atoms with Gasteiger partial charge in [0.05, 0.1) is 0 Å². The summed E-state index contributed by atoms with van der Waals surface area (Å²) in [6, 6.07) is 8.51. The standard InChI is InChI=1S/C16H23NO2S/c1-11(2)16(18)8-12-4-6-14(7-5-12)19-15-9-13(10-15)17-20-3/h4-7,11,13,15,17H,8-10H2,1-3H3/t13-,15+. The van der Waals surface area contributed by atoms with E-state index in [0.717, 1.165) is 24.2 Å². The highest BCUT2D eigenvalue weighted by molar-refractivity contribution is 7.96. The molecule has 0 bridgehead atoms. The predicted molar refractivity (Wildman–Crippen MR) is 84.1 cm³/mol. The second kappa shape index (κ2) is 7.14. The lowest BCUT2D eigenvalue weighted by molar-refractivity contribution is -0.121. The molecule has 1 fully saturated rings.